The molecule has 130 valence electrons. The van der Waals surface area contributed by atoms with Gasteiger partial charge in [-0.3, -0.25) is 9.56 Å². The first-order valence-electron chi connectivity index (χ1n) is 8.13. The van der Waals surface area contributed by atoms with Crippen molar-refractivity contribution in [3.05, 3.63) is 64.6 Å². The molecule has 1 aliphatic heterocycles. The van der Waals surface area contributed by atoms with Crippen LogP contribution in [0, 0.1) is 4.77 Å². The van der Waals surface area contributed by atoms with Crippen molar-refractivity contribution in [2.24, 2.45) is 4.99 Å². The second-order valence-electron chi connectivity index (χ2n) is 5.97. The maximum atomic E-state index is 10.7. The summed E-state index contributed by atoms with van der Waals surface area (Å²) in [6, 6.07) is 15.3. The zero-order valence-electron chi connectivity index (χ0n) is 14.4. The molecule has 2 heterocycles. The Morgan fingerprint density at radius 3 is 2.62 bits per heavy atom. The van der Waals surface area contributed by atoms with Crippen LogP contribution >= 0.6 is 12.2 Å². The number of methoxy groups -OCH3 is 1. The van der Waals surface area contributed by atoms with Gasteiger partial charge in [-0.05, 0) is 55.5 Å². The Balaban J connectivity index is 1.80. The number of aromatic nitrogens is 2. The SMILES string of the molecule is COc1ccc(-n2c(O)c(C=C3C(C)=Nc4ccccc43)[nH]c2=S)cc1. The molecule has 0 radical (unpaired) electrons. The first-order chi connectivity index (χ1) is 12.6. The minimum atomic E-state index is 0.0600. The van der Waals surface area contributed by atoms with Crippen LogP contribution in [0.4, 0.5) is 5.69 Å². The molecule has 4 rings (SSSR count). The Bertz CT molecular complexity index is 1100. The molecule has 1 aliphatic rings. The molecule has 5 nitrogen and oxygen atoms in total. The van der Waals surface area contributed by atoms with Gasteiger partial charge in [0, 0.05) is 16.8 Å². The topological polar surface area (TPSA) is 62.5 Å². The van der Waals surface area contributed by atoms with Crippen molar-refractivity contribution in [2.45, 2.75) is 6.92 Å². The molecular formula is C20H17N3O2S. The van der Waals surface area contributed by atoms with Crippen molar-refractivity contribution < 1.29 is 9.84 Å². The highest BCUT2D eigenvalue weighted by Crippen LogP contribution is 2.36. The predicted molar refractivity (Wildman–Crippen MR) is 106 cm³/mol. The standard InChI is InChI=1S/C20H17N3O2S/c1-12-16(15-5-3-4-6-17(15)21-12)11-18-19(24)23(20(26)22-18)13-7-9-14(25-2)10-8-13/h3-11,24H,1-2H3,(H,22,26). The molecule has 0 unspecified atom stereocenters. The fraction of sp³-hybridized carbons (Fsp3) is 0.100. The normalized spacial score (nSPS) is 14.4. The van der Waals surface area contributed by atoms with Gasteiger partial charge in [-0.2, -0.15) is 0 Å². The maximum Gasteiger partial charge on any atom is 0.222 e. The summed E-state index contributed by atoms with van der Waals surface area (Å²) < 4.78 is 7.18. The van der Waals surface area contributed by atoms with E-state index in [1.165, 1.54) is 0 Å². The number of hydrogen-bond acceptors (Lipinski definition) is 4. The largest absolute Gasteiger partial charge is 0.497 e. The number of hydrogen-bond donors (Lipinski definition) is 2. The molecule has 26 heavy (non-hydrogen) atoms. The molecule has 0 saturated heterocycles. The van der Waals surface area contributed by atoms with Gasteiger partial charge < -0.3 is 14.8 Å². The van der Waals surface area contributed by atoms with Crippen LogP contribution < -0.4 is 4.74 Å². The molecule has 6 heteroatoms. The fourth-order valence-corrected chi connectivity index (χ4v) is 3.38. The lowest BCUT2D eigenvalue weighted by Gasteiger charge is -2.06. The monoisotopic (exact) mass is 363 g/mol. The number of aromatic hydroxyl groups is 1. The number of nitrogens with one attached hydrogen (secondary N) is 1. The molecule has 2 N–H and O–H groups in total. The number of aromatic amines is 1. The number of para-hydroxylation sites is 1. The van der Waals surface area contributed by atoms with Crippen molar-refractivity contribution >= 4 is 35.3 Å². The van der Waals surface area contributed by atoms with Crippen LogP contribution in [0.15, 0.2) is 53.5 Å². The molecule has 0 fully saturated rings. The molecular weight excluding hydrogens is 346 g/mol. The van der Waals surface area contributed by atoms with Crippen molar-refractivity contribution in [3.63, 3.8) is 0 Å². The first-order valence-corrected chi connectivity index (χ1v) is 8.54. The molecule has 1 aromatic heterocycles. The van der Waals surface area contributed by atoms with Crippen LogP contribution in [-0.4, -0.2) is 27.5 Å². The number of benzene rings is 2. The lowest BCUT2D eigenvalue weighted by Crippen LogP contribution is -1.94. The summed E-state index contributed by atoms with van der Waals surface area (Å²) in [6.45, 7) is 1.96. The van der Waals surface area contributed by atoms with Gasteiger partial charge in [0.15, 0.2) is 4.77 Å². The zero-order chi connectivity index (χ0) is 18.3. The average molecular weight is 363 g/mol. The van der Waals surface area contributed by atoms with E-state index in [1.54, 1.807) is 11.7 Å². The summed E-state index contributed by atoms with van der Waals surface area (Å²) in [5, 5.41) is 10.7. The lowest BCUT2D eigenvalue weighted by molar-refractivity contribution is 0.414. The zero-order valence-corrected chi connectivity index (χ0v) is 15.2. The van der Waals surface area contributed by atoms with Crippen LogP contribution in [0.5, 0.6) is 11.6 Å². The minimum Gasteiger partial charge on any atom is -0.497 e. The quantitative estimate of drug-likeness (QED) is 0.651. The summed E-state index contributed by atoms with van der Waals surface area (Å²) in [5.74, 6) is 0.803. The van der Waals surface area contributed by atoms with E-state index in [2.05, 4.69) is 9.98 Å². The molecule has 0 amide bonds. The Labute approximate surface area is 155 Å². The van der Waals surface area contributed by atoms with E-state index < -0.39 is 0 Å². The molecule has 0 saturated carbocycles. The average Bonchev–Trinajstić information content (AvgIpc) is 3.11. The second kappa shape index (κ2) is 6.31. The van der Waals surface area contributed by atoms with Crippen LogP contribution in [0.2, 0.25) is 0 Å². The smallest absolute Gasteiger partial charge is 0.222 e. The Morgan fingerprint density at radius 2 is 1.88 bits per heavy atom. The van der Waals surface area contributed by atoms with Crippen molar-refractivity contribution in [1.29, 1.82) is 0 Å². The van der Waals surface area contributed by atoms with Gasteiger partial charge in [0.25, 0.3) is 0 Å². The Morgan fingerprint density at radius 1 is 1.15 bits per heavy atom. The van der Waals surface area contributed by atoms with E-state index in [0.29, 0.717) is 10.5 Å². The number of rotatable bonds is 3. The number of imidazole rings is 1. The summed E-state index contributed by atoms with van der Waals surface area (Å²) in [4.78, 5) is 7.66. The number of nitrogens with zero attached hydrogens (tertiary/aromatic N) is 2. The molecule has 0 aliphatic carbocycles. The number of allylic oxidation sites excluding steroid dienone is 1. The van der Waals surface area contributed by atoms with Crippen LogP contribution in [0.25, 0.3) is 17.3 Å². The van der Waals surface area contributed by atoms with Gasteiger partial charge in [-0.25, -0.2) is 0 Å². The number of ether oxygens (including phenoxy) is 1. The molecule has 2 aromatic carbocycles. The summed E-state index contributed by atoms with van der Waals surface area (Å²) in [7, 11) is 1.61. The summed E-state index contributed by atoms with van der Waals surface area (Å²) in [5.41, 5.74) is 5.15. The van der Waals surface area contributed by atoms with Gasteiger partial charge in [-0.15, -0.1) is 0 Å². The van der Waals surface area contributed by atoms with Crippen molar-refractivity contribution in [3.8, 4) is 17.3 Å². The third-order valence-corrected chi connectivity index (χ3v) is 4.67. The van der Waals surface area contributed by atoms with E-state index in [1.807, 2.05) is 61.5 Å². The van der Waals surface area contributed by atoms with Crippen molar-refractivity contribution in [2.75, 3.05) is 7.11 Å². The minimum absolute atomic E-state index is 0.0600. The number of fused-ring (bicyclic) bond motifs is 1. The van der Waals surface area contributed by atoms with E-state index in [4.69, 9.17) is 17.0 Å². The number of H-pyrrole nitrogens is 1. The van der Waals surface area contributed by atoms with Crippen LogP contribution in [0.3, 0.4) is 0 Å². The molecule has 0 spiro atoms. The Kier molecular flexibility index (Phi) is 3.97. The highest BCUT2D eigenvalue weighted by molar-refractivity contribution is 7.71. The van der Waals surface area contributed by atoms with E-state index in [-0.39, 0.29) is 5.88 Å². The van der Waals surface area contributed by atoms with Crippen LogP contribution in [-0.2, 0) is 0 Å². The maximum absolute atomic E-state index is 10.7. The predicted octanol–water partition coefficient (Wildman–Crippen LogP) is 4.90. The van der Waals surface area contributed by atoms with Gasteiger partial charge >= 0.3 is 0 Å². The third kappa shape index (κ3) is 2.64. The van der Waals surface area contributed by atoms with Gasteiger partial charge in [0.1, 0.15) is 11.4 Å². The number of aliphatic imine (C=N–C) groups is 1. The fourth-order valence-electron chi connectivity index (χ4n) is 3.08. The Hall–Kier alpha value is -3.12. The van der Waals surface area contributed by atoms with E-state index in [0.717, 1.165) is 34.0 Å². The van der Waals surface area contributed by atoms with Gasteiger partial charge in [0.05, 0.1) is 18.5 Å². The molecule has 0 bridgehead atoms. The van der Waals surface area contributed by atoms with Gasteiger partial charge in [0.2, 0.25) is 5.88 Å². The van der Waals surface area contributed by atoms with E-state index >= 15 is 0 Å². The van der Waals surface area contributed by atoms with E-state index in [9.17, 15) is 5.11 Å². The highest BCUT2D eigenvalue weighted by atomic mass is 32.1. The third-order valence-electron chi connectivity index (χ3n) is 4.39. The summed E-state index contributed by atoms with van der Waals surface area (Å²) >= 11 is 5.41. The second-order valence-corrected chi connectivity index (χ2v) is 6.36. The lowest BCUT2D eigenvalue weighted by atomic mass is 10.0. The van der Waals surface area contributed by atoms with Crippen molar-refractivity contribution in [1.82, 2.24) is 9.55 Å². The molecule has 3 aromatic rings. The highest BCUT2D eigenvalue weighted by Gasteiger charge is 2.19. The summed E-state index contributed by atoms with van der Waals surface area (Å²) in [6.07, 6.45) is 1.88. The first kappa shape index (κ1) is 16.4. The van der Waals surface area contributed by atoms with Crippen LogP contribution in [0.1, 0.15) is 18.2 Å². The molecule has 0 atom stereocenters. The van der Waals surface area contributed by atoms with Gasteiger partial charge in [-0.1, -0.05) is 18.2 Å².